The number of hydrogen-bond donors (Lipinski definition) is 1. The molecule has 33 heavy (non-hydrogen) atoms. The summed E-state index contributed by atoms with van der Waals surface area (Å²) in [7, 11) is 0. The fourth-order valence-corrected chi connectivity index (χ4v) is 4.66. The average Bonchev–Trinajstić information content (AvgIpc) is 2.78. The van der Waals surface area contributed by atoms with Gasteiger partial charge in [0.05, 0.1) is 25.8 Å². The zero-order valence-electron chi connectivity index (χ0n) is 18.8. The van der Waals surface area contributed by atoms with Gasteiger partial charge < -0.3 is 10.2 Å². The van der Waals surface area contributed by atoms with Crippen LogP contribution in [0.4, 0.5) is 0 Å². The van der Waals surface area contributed by atoms with Gasteiger partial charge in [-0.15, -0.1) is 11.8 Å². The van der Waals surface area contributed by atoms with Gasteiger partial charge in [0.2, 0.25) is 11.8 Å². The molecule has 2 rings (SSSR count). The van der Waals surface area contributed by atoms with Crippen LogP contribution in [-0.4, -0.2) is 34.6 Å². The molecule has 0 aliphatic carbocycles. The summed E-state index contributed by atoms with van der Waals surface area (Å²) in [4.78, 5) is 27.9. The number of benzene rings is 2. The maximum atomic E-state index is 13.3. The molecule has 0 heterocycles. The van der Waals surface area contributed by atoms with Crippen LogP contribution in [0.2, 0.25) is 20.1 Å². The Hall–Kier alpha value is -1.11. The lowest BCUT2D eigenvalue weighted by molar-refractivity contribution is -0.139. The Morgan fingerprint density at radius 3 is 2.03 bits per heavy atom. The smallest absolute Gasteiger partial charge is 0.243 e. The van der Waals surface area contributed by atoms with Crippen LogP contribution in [0.1, 0.15) is 44.7 Å². The van der Waals surface area contributed by atoms with Gasteiger partial charge in [0.15, 0.2) is 0 Å². The topological polar surface area (TPSA) is 49.4 Å². The lowest BCUT2D eigenvalue weighted by Gasteiger charge is -2.31. The van der Waals surface area contributed by atoms with E-state index in [0.29, 0.717) is 32.3 Å². The van der Waals surface area contributed by atoms with E-state index in [1.54, 1.807) is 29.2 Å². The van der Waals surface area contributed by atoms with Gasteiger partial charge in [-0.25, -0.2) is 0 Å². The number of rotatable bonds is 11. The van der Waals surface area contributed by atoms with Gasteiger partial charge in [-0.1, -0.05) is 72.4 Å². The normalized spacial score (nSPS) is 12.8. The van der Waals surface area contributed by atoms with Crippen LogP contribution in [0, 0.1) is 0 Å². The van der Waals surface area contributed by atoms with Gasteiger partial charge in [-0.05, 0) is 55.2 Å². The van der Waals surface area contributed by atoms with Crippen molar-refractivity contribution in [2.45, 2.75) is 58.0 Å². The molecule has 0 saturated carbocycles. The number of thioether (sulfide) groups is 1. The highest BCUT2D eigenvalue weighted by Gasteiger charge is 2.29. The molecular formula is C24H28Cl4N2O2S. The first-order valence-corrected chi connectivity index (χ1v) is 13.4. The zero-order valence-corrected chi connectivity index (χ0v) is 22.7. The van der Waals surface area contributed by atoms with Gasteiger partial charge in [0.25, 0.3) is 0 Å². The van der Waals surface area contributed by atoms with Gasteiger partial charge in [-0.3, -0.25) is 9.59 Å². The van der Waals surface area contributed by atoms with Gasteiger partial charge in [-0.2, -0.15) is 0 Å². The lowest BCUT2D eigenvalue weighted by Crippen LogP contribution is -2.51. The molecule has 1 N–H and O–H groups in total. The van der Waals surface area contributed by atoms with E-state index in [2.05, 4.69) is 5.32 Å². The Morgan fingerprint density at radius 1 is 0.909 bits per heavy atom. The Balaban J connectivity index is 2.17. The van der Waals surface area contributed by atoms with Crippen molar-refractivity contribution in [1.29, 1.82) is 0 Å². The zero-order chi connectivity index (χ0) is 24.5. The molecule has 2 amide bonds. The minimum absolute atomic E-state index is 0.0255. The van der Waals surface area contributed by atoms with Crippen molar-refractivity contribution < 1.29 is 9.59 Å². The van der Waals surface area contributed by atoms with E-state index in [1.165, 1.54) is 11.8 Å². The largest absolute Gasteiger partial charge is 0.352 e. The Bertz CT molecular complexity index is 973. The summed E-state index contributed by atoms with van der Waals surface area (Å²) in [5, 5.41) is 4.83. The molecule has 2 atom stereocenters. The van der Waals surface area contributed by atoms with Crippen LogP contribution in [0.15, 0.2) is 36.4 Å². The minimum Gasteiger partial charge on any atom is -0.352 e. The molecule has 0 spiro atoms. The van der Waals surface area contributed by atoms with E-state index < -0.39 is 6.04 Å². The molecule has 0 aromatic heterocycles. The monoisotopic (exact) mass is 548 g/mol. The van der Waals surface area contributed by atoms with Crippen molar-refractivity contribution in [2.75, 3.05) is 5.75 Å². The molecule has 0 aliphatic rings. The average molecular weight is 550 g/mol. The summed E-state index contributed by atoms with van der Waals surface area (Å²) >= 11 is 25.7. The molecule has 0 saturated heterocycles. The SMILES string of the molecule is CC[C@H](C(=O)N[C@@H](C)CC)N(Cc1ccc(Cl)c(Cl)c1)C(=O)CSCc1ccc(Cl)c(Cl)c1. The van der Waals surface area contributed by atoms with Crippen molar-refractivity contribution in [2.24, 2.45) is 0 Å². The van der Waals surface area contributed by atoms with Crippen LogP contribution < -0.4 is 5.32 Å². The third-order valence-electron chi connectivity index (χ3n) is 5.20. The molecule has 9 heteroatoms. The van der Waals surface area contributed by atoms with E-state index >= 15 is 0 Å². The molecule has 0 radical (unpaired) electrons. The Morgan fingerprint density at radius 2 is 1.48 bits per heavy atom. The first-order valence-electron chi connectivity index (χ1n) is 10.7. The van der Waals surface area contributed by atoms with Crippen molar-refractivity contribution in [1.82, 2.24) is 10.2 Å². The number of nitrogens with zero attached hydrogens (tertiary/aromatic N) is 1. The van der Waals surface area contributed by atoms with Gasteiger partial charge >= 0.3 is 0 Å². The summed E-state index contributed by atoms with van der Waals surface area (Å²) in [5.74, 6) is 0.528. The van der Waals surface area contributed by atoms with Crippen LogP contribution in [0.5, 0.6) is 0 Å². The molecule has 0 fully saturated rings. The van der Waals surface area contributed by atoms with E-state index in [0.717, 1.165) is 17.5 Å². The summed E-state index contributed by atoms with van der Waals surface area (Å²) in [5.41, 5.74) is 1.78. The maximum Gasteiger partial charge on any atom is 0.243 e. The van der Waals surface area contributed by atoms with Crippen LogP contribution in [0.3, 0.4) is 0 Å². The first-order chi connectivity index (χ1) is 15.7. The second kappa shape index (κ2) is 13.7. The van der Waals surface area contributed by atoms with Crippen LogP contribution >= 0.6 is 58.2 Å². The molecule has 0 bridgehead atoms. The number of carbonyl (C=O) groups excluding carboxylic acids is 2. The fourth-order valence-electron chi connectivity index (χ4n) is 3.16. The lowest BCUT2D eigenvalue weighted by atomic mass is 10.1. The van der Waals surface area contributed by atoms with E-state index in [1.807, 2.05) is 32.9 Å². The third kappa shape index (κ3) is 8.56. The molecule has 180 valence electrons. The molecule has 4 nitrogen and oxygen atoms in total. The van der Waals surface area contributed by atoms with Crippen LogP contribution in [0.25, 0.3) is 0 Å². The van der Waals surface area contributed by atoms with E-state index in [-0.39, 0.29) is 30.2 Å². The van der Waals surface area contributed by atoms with Crippen molar-refractivity contribution in [3.63, 3.8) is 0 Å². The number of nitrogens with one attached hydrogen (secondary N) is 1. The number of carbonyl (C=O) groups is 2. The summed E-state index contributed by atoms with van der Waals surface area (Å²) < 4.78 is 0. The van der Waals surface area contributed by atoms with Crippen molar-refractivity contribution in [3.05, 3.63) is 67.6 Å². The maximum absolute atomic E-state index is 13.3. The quantitative estimate of drug-likeness (QED) is 0.321. The predicted octanol–water partition coefficient (Wildman–Crippen LogP) is 7.26. The number of amides is 2. The second-order valence-electron chi connectivity index (χ2n) is 7.75. The molecule has 0 unspecified atom stereocenters. The van der Waals surface area contributed by atoms with Crippen LogP contribution in [-0.2, 0) is 21.9 Å². The molecule has 2 aromatic carbocycles. The number of hydrogen-bond acceptors (Lipinski definition) is 3. The van der Waals surface area contributed by atoms with E-state index in [4.69, 9.17) is 46.4 Å². The highest BCUT2D eigenvalue weighted by molar-refractivity contribution is 7.99. The predicted molar refractivity (Wildman–Crippen MR) is 142 cm³/mol. The highest BCUT2D eigenvalue weighted by atomic mass is 35.5. The summed E-state index contributed by atoms with van der Waals surface area (Å²) in [6.07, 6.45) is 1.30. The minimum atomic E-state index is -0.591. The first kappa shape index (κ1) is 28.1. The highest BCUT2D eigenvalue weighted by Crippen LogP contribution is 2.26. The molecule has 0 aliphatic heterocycles. The van der Waals surface area contributed by atoms with Gasteiger partial charge in [0, 0.05) is 18.3 Å². The number of halogens is 4. The fraction of sp³-hybridized carbons (Fsp3) is 0.417. The van der Waals surface area contributed by atoms with Crippen molar-refractivity contribution >= 4 is 70.0 Å². The van der Waals surface area contributed by atoms with Crippen molar-refractivity contribution in [3.8, 4) is 0 Å². The van der Waals surface area contributed by atoms with Gasteiger partial charge in [0.1, 0.15) is 6.04 Å². The second-order valence-corrected chi connectivity index (χ2v) is 10.4. The Labute approximate surface area is 220 Å². The Kier molecular flexibility index (Phi) is 11.7. The summed E-state index contributed by atoms with van der Waals surface area (Å²) in [6.45, 7) is 6.11. The molecule has 2 aromatic rings. The standard InChI is InChI=1S/C24H28Cl4N2O2S/c1-4-15(3)29-24(32)22(5-2)30(12-16-6-8-18(25)20(27)10-16)23(31)14-33-13-17-7-9-19(26)21(28)11-17/h6-11,15,22H,4-5,12-14H2,1-3H3,(H,29,32)/t15-,22+/m0/s1. The molecular weight excluding hydrogens is 522 g/mol. The summed E-state index contributed by atoms with van der Waals surface area (Å²) in [6, 6.07) is 10.1. The van der Waals surface area contributed by atoms with E-state index in [9.17, 15) is 9.59 Å². The third-order valence-corrected chi connectivity index (χ3v) is 7.67.